The number of anilines is 1. The smallest absolute Gasteiger partial charge is 0.258 e. The van der Waals surface area contributed by atoms with Crippen molar-refractivity contribution in [2.45, 2.75) is 30.1 Å². The van der Waals surface area contributed by atoms with Gasteiger partial charge in [-0.05, 0) is 18.6 Å². The van der Waals surface area contributed by atoms with Crippen LogP contribution in [-0.4, -0.2) is 27.4 Å². The van der Waals surface area contributed by atoms with Crippen LogP contribution in [0.4, 0.5) is 5.69 Å². The molecule has 2 amide bonds. The van der Waals surface area contributed by atoms with Crippen LogP contribution < -0.4 is 10.3 Å². The van der Waals surface area contributed by atoms with Crippen LogP contribution in [0.1, 0.15) is 20.3 Å². The number of halogens is 3. The van der Waals surface area contributed by atoms with Gasteiger partial charge in [0.1, 0.15) is 5.92 Å². The SMILES string of the molecule is CCC1=NN(c2ccccc2)C(=O)[C@@H]1[C@H](NC(C)=O)C(Cl)(Cl)Cl. The van der Waals surface area contributed by atoms with Gasteiger partial charge in [0.15, 0.2) is 0 Å². The molecule has 5 nitrogen and oxygen atoms in total. The maximum absolute atomic E-state index is 12.8. The second kappa shape index (κ2) is 7.07. The lowest BCUT2D eigenvalue weighted by Crippen LogP contribution is -2.53. The minimum absolute atomic E-state index is 0.335. The number of alkyl halides is 3. The predicted molar refractivity (Wildman–Crippen MR) is 93.0 cm³/mol. The monoisotopic (exact) mass is 375 g/mol. The lowest BCUT2D eigenvalue weighted by atomic mass is 9.93. The van der Waals surface area contributed by atoms with Gasteiger partial charge >= 0.3 is 0 Å². The Morgan fingerprint density at radius 3 is 2.43 bits per heavy atom. The molecule has 1 heterocycles. The highest BCUT2D eigenvalue weighted by molar-refractivity contribution is 6.68. The van der Waals surface area contributed by atoms with E-state index in [0.717, 1.165) is 0 Å². The van der Waals surface area contributed by atoms with E-state index in [1.165, 1.54) is 11.9 Å². The molecule has 0 saturated heterocycles. The summed E-state index contributed by atoms with van der Waals surface area (Å²) in [5, 5.41) is 8.21. The quantitative estimate of drug-likeness (QED) is 0.820. The zero-order chi connectivity index (χ0) is 17.2. The van der Waals surface area contributed by atoms with Gasteiger partial charge in [0.25, 0.3) is 5.91 Å². The summed E-state index contributed by atoms with van der Waals surface area (Å²) in [7, 11) is 0. The summed E-state index contributed by atoms with van der Waals surface area (Å²) in [5.74, 6) is -1.54. The molecule has 1 aliphatic rings. The van der Waals surface area contributed by atoms with Crippen molar-refractivity contribution in [1.82, 2.24) is 5.32 Å². The molecular weight excluding hydrogens is 361 g/mol. The van der Waals surface area contributed by atoms with Crippen molar-refractivity contribution in [3.05, 3.63) is 30.3 Å². The number of rotatable bonds is 4. The highest BCUT2D eigenvalue weighted by Gasteiger charge is 2.49. The standard InChI is InChI=1S/C15H16Cl3N3O2/c1-3-11-12(13(15(16,17)18)19-9(2)22)14(23)21(20-11)10-7-5-4-6-8-10/h4-8,12-13H,3H2,1-2H3,(H,19,22)/t12-,13-/m0/s1. The molecule has 0 aliphatic carbocycles. The molecule has 0 saturated carbocycles. The Kier molecular flexibility index (Phi) is 5.55. The van der Waals surface area contributed by atoms with Gasteiger partial charge in [0.05, 0.1) is 17.4 Å². The van der Waals surface area contributed by atoms with Gasteiger partial charge in [-0.15, -0.1) is 0 Å². The summed E-state index contributed by atoms with van der Waals surface area (Å²) in [6.45, 7) is 3.16. The molecule has 0 unspecified atom stereocenters. The van der Waals surface area contributed by atoms with E-state index in [9.17, 15) is 9.59 Å². The van der Waals surface area contributed by atoms with Crippen LogP contribution >= 0.6 is 34.8 Å². The lowest BCUT2D eigenvalue weighted by Gasteiger charge is -2.30. The summed E-state index contributed by atoms with van der Waals surface area (Å²) >= 11 is 18.0. The molecule has 2 atom stereocenters. The van der Waals surface area contributed by atoms with Crippen molar-refractivity contribution < 1.29 is 9.59 Å². The number of hydrazone groups is 1. The zero-order valence-electron chi connectivity index (χ0n) is 12.6. The van der Waals surface area contributed by atoms with Gasteiger partial charge in [-0.25, -0.2) is 5.01 Å². The number of carbonyl (C=O) groups is 2. The fraction of sp³-hybridized carbons (Fsp3) is 0.400. The van der Waals surface area contributed by atoms with Gasteiger partial charge in [0.2, 0.25) is 9.70 Å². The molecule has 0 aromatic heterocycles. The predicted octanol–water partition coefficient (Wildman–Crippen LogP) is 3.29. The molecule has 23 heavy (non-hydrogen) atoms. The van der Waals surface area contributed by atoms with E-state index in [1.54, 1.807) is 24.3 Å². The molecule has 8 heteroatoms. The molecule has 0 spiro atoms. The minimum Gasteiger partial charge on any atom is -0.348 e. The first-order chi connectivity index (χ1) is 10.8. The number of hydrogen-bond acceptors (Lipinski definition) is 3. The first-order valence-corrected chi connectivity index (χ1v) is 8.19. The van der Waals surface area contributed by atoms with Crippen LogP contribution in [0.25, 0.3) is 0 Å². The van der Waals surface area contributed by atoms with Crippen molar-refractivity contribution >= 4 is 58.0 Å². The van der Waals surface area contributed by atoms with E-state index in [0.29, 0.717) is 17.8 Å². The van der Waals surface area contributed by atoms with Gasteiger partial charge in [0, 0.05) is 6.92 Å². The first-order valence-electron chi connectivity index (χ1n) is 7.06. The average Bonchev–Trinajstić information content (AvgIpc) is 2.81. The van der Waals surface area contributed by atoms with E-state index in [4.69, 9.17) is 34.8 Å². The molecular formula is C15H16Cl3N3O2. The van der Waals surface area contributed by atoms with Gasteiger partial charge in [-0.2, -0.15) is 5.10 Å². The largest absolute Gasteiger partial charge is 0.348 e. The highest BCUT2D eigenvalue weighted by Crippen LogP contribution is 2.38. The maximum Gasteiger partial charge on any atom is 0.258 e. The number of nitrogens with one attached hydrogen (secondary N) is 1. The second-order valence-corrected chi connectivity index (χ2v) is 7.50. The van der Waals surface area contributed by atoms with Crippen LogP contribution in [0.5, 0.6) is 0 Å². The van der Waals surface area contributed by atoms with Crippen LogP contribution in [-0.2, 0) is 9.59 Å². The lowest BCUT2D eigenvalue weighted by molar-refractivity contribution is -0.122. The van der Waals surface area contributed by atoms with Crippen molar-refractivity contribution in [3.8, 4) is 0 Å². The minimum atomic E-state index is -1.84. The van der Waals surface area contributed by atoms with E-state index in [1.807, 2.05) is 13.0 Å². The van der Waals surface area contributed by atoms with E-state index in [-0.39, 0.29) is 11.8 Å². The topological polar surface area (TPSA) is 61.8 Å². The Morgan fingerprint density at radius 1 is 1.35 bits per heavy atom. The van der Waals surface area contributed by atoms with Crippen LogP contribution in [0.3, 0.4) is 0 Å². The molecule has 1 aliphatic heterocycles. The number of para-hydroxylation sites is 1. The molecule has 0 fully saturated rings. The first kappa shape index (κ1) is 18.0. The van der Waals surface area contributed by atoms with Gasteiger partial charge < -0.3 is 5.32 Å². The van der Waals surface area contributed by atoms with E-state index in [2.05, 4.69) is 10.4 Å². The Morgan fingerprint density at radius 2 is 1.96 bits per heavy atom. The third-order valence-corrected chi connectivity index (χ3v) is 4.18. The number of hydrogen-bond donors (Lipinski definition) is 1. The second-order valence-electron chi connectivity index (χ2n) is 5.13. The average molecular weight is 377 g/mol. The Hall–Kier alpha value is -1.30. The fourth-order valence-corrected chi connectivity index (χ4v) is 3.01. The number of amides is 2. The Balaban J connectivity index is 2.40. The van der Waals surface area contributed by atoms with Crippen molar-refractivity contribution in [2.24, 2.45) is 11.0 Å². The van der Waals surface area contributed by atoms with Gasteiger partial charge in [-0.3, -0.25) is 9.59 Å². The van der Waals surface area contributed by atoms with Crippen molar-refractivity contribution in [1.29, 1.82) is 0 Å². The molecule has 2 rings (SSSR count). The Bertz CT molecular complexity index is 629. The maximum atomic E-state index is 12.8. The Labute approximate surface area is 149 Å². The molecule has 1 aromatic rings. The molecule has 0 radical (unpaired) electrons. The number of carbonyl (C=O) groups excluding carboxylic acids is 2. The highest BCUT2D eigenvalue weighted by atomic mass is 35.6. The summed E-state index contributed by atoms with van der Waals surface area (Å²) in [5.41, 5.74) is 1.18. The van der Waals surface area contributed by atoms with Crippen LogP contribution in [0, 0.1) is 5.92 Å². The summed E-state index contributed by atoms with van der Waals surface area (Å²) < 4.78 is -1.84. The summed E-state index contributed by atoms with van der Waals surface area (Å²) in [6.07, 6.45) is 0.497. The third-order valence-electron chi connectivity index (χ3n) is 3.47. The normalized spacial score (nSPS) is 19.5. The number of benzene rings is 1. The molecule has 1 N–H and O–H groups in total. The summed E-state index contributed by atoms with van der Waals surface area (Å²) in [6, 6.07) is 7.98. The van der Waals surface area contributed by atoms with Gasteiger partial charge in [-0.1, -0.05) is 59.9 Å². The number of nitrogens with zero attached hydrogens (tertiary/aromatic N) is 2. The fourth-order valence-electron chi connectivity index (χ4n) is 2.47. The van der Waals surface area contributed by atoms with E-state index < -0.39 is 15.8 Å². The van der Waals surface area contributed by atoms with E-state index >= 15 is 0 Å². The molecule has 124 valence electrons. The third kappa shape index (κ3) is 3.97. The zero-order valence-corrected chi connectivity index (χ0v) is 14.9. The summed E-state index contributed by atoms with van der Waals surface area (Å²) in [4.78, 5) is 24.3. The van der Waals surface area contributed by atoms with Crippen LogP contribution in [0.15, 0.2) is 35.4 Å². The van der Waals surface area contributed by atoms with Crippen molar-refractivity contribution in [2.75, 3.05) is 5.01 Å². The molecule has 1 aromatic carbocycles. The van der Waals surface area contributed by atoms with Crippen molar-refractivity contribution in [3.63, 3.8) is 0 Å². The van der Waals surface area contributed by atoms with Crippen LogP contribution in [0.2, 0.25) is 0 Å². The molecule has 0 bridgehead atoms.